The third-order valence-corrected chi connectivity index (χ3v) is 2.64. The highest BCUT2D eigenvalue weighted by Crippen LogP contribution is 2.18. The number of nitro benzene ring substituents is 1. The van der Waals surface area contributed by atoms with E-state index in [1.54, 1.807) is 7.11 Å². The minimum atomic E-state index is -0.815. The molecule has 0 saturated carbocycles. The molecule has 0 aliphatic rings. The monoisotopic (exact) mass is 256 g/mol. The molecule has 0 atom stereocenters. The highest BCUT2D eigenvalue weighted by atomic mass is 19.1. The quantitative estimate of drug-likeness (QED) is 0.626. The van der Waals surface area contributed by atoms with Gasteiger partial charge in [0.1, 0.15) is 0 Å². The van der Waals surface area contributed by atoms with Crippen molar-refractivity contribution >= 4 is 5.69 Å². The summed E-state index contributed by atoms with van der Waals surface area (Å²) in [6.07, 6.45) is 0. The molecule has 1 N–H and O–H groups in total. The van der Waals surface area contributed by atoms with Crippen LogP contribution in [0.1, 0.15) is 19.4 Å². The standard InChI is InChI=1S/C12H17FN2O3/c1-12(2,18-3)8-14-7-9-4-5-11(15(16)17)10(13)6-9/h4-6,14H,7-8H2,1-3H3. The molecule has 0 unspecified atom stereocenters. The summed E-state index contributed by atoms with van der Waals surface area (Å²) < 4.78 is 18.6. The van der Waals surface area contributed by atoms with E-state index in [2.05, 4.69) is 5.32 Å². The highest BCUT2D eigenvalue weighted by Gasteiger charge is 2.16. The number of nitrogens with zero attached hydrogens (tertiary/aromatic N) is 1. The lowest BCUT2D eigenvalue weighted by molar-refractivity contribution is -0.387. The first kappa shape index (κ1) is 14.5. The van der Waals surface area contributed by atoms with Crippen molar-refractivity contribution in [1.29, 1.82) is 0 Å². The van der Waals surface area contributed by atoms with E-state index in [4.69, 9.17) is 4.74 Å². The summed E-state index contributed by atoms with van der Waals surface area (Å²) in [6.45, 7) is 4.89. The Labute approximate surface area is 105 Å². The van der Waals surface area contributed by atoms with Crippen molar-refractivity contribution in [3.05, 3.63) is 39.7 Å². The zero-order chi connectivity index (χ0) is 13.8. The number of nitro groups is 1. The average molecular weight is 256 g/mol. The van der Waals surface area contributed by atoms with Crippen molar-refractivity contribution in [1.82, 2.24) is 5.32 Å². The fraction of sp³-hybridized carbons (Fsp3) is 0.500. The Morgan fingerprint density at radius 2 is 2.17 bits per heavy atom. The SMILES string of the molecule is COC(C)(C)CNCc1ccc([N+](=O)[O-])c(F)c1. The van der Waals surface area contributed by atoms with Crippen LogP contribution in [0.4, 0.5) is 10.1 Å². The van der Waals surface area contributed by atoms with Gasteiger partial charge in [-0.15, -0.1) is 0 Å². The largest absolute Gasteiger partial charge is 0.377 e. The van der Waals surface area contributed by atoms with Crippen molar-refractivity contribution in [3.8, 4) is 0 Å². The van der Waals surface area contributed by atoms with Crippen LogP contribution in [0.2, 0.25) is 0 Å². The van der Waals surface area contributed by atoms with Crippen LogP contribution in [-0.2, 0) is 11.3 Å². The maximum absolute atomic E-state index is 13.3. The molecule has 100 valence electrons. The van der Waals surface area contributed by atoms with Crippen molar-refractivity contribution in [3.63, 3.8) is 0 Å². The molecule has 0 heterocycles. The molecule has 1 aromatic carbocycles. The summed E-state index contributed by atoms with van der Waals surface area (Å²) in [5.74, 6) is -0.815. The van der Waals surface area contributed by atoms with Crippen molar-refractivity contribution in [2.24, 2.45) is 0 Å². The normalized spacial score (nSPS) is 11.6. The van der Waals surface area contributed by atoms with Crippen LogP contribution < -0.4 is 5.32 Å². The molecule has 0 aliphatic carbocycles. The molecule has 0 radical (unpaired) electrons. The van der Waals surface area contributed by atoms with E-state index in [0.717, 1.165) is 0 Å². The van der Waals surface area contributed by atoms with Gasteiger partial charge in [-0.3, -0.25) is 10.1 Å². The van der Waals surface area contributed by atoms with Gasteiger partial charge in [-0.1, -0.05) is 6.07 Å². The number of benzene rings is 1. The Bertz CT molecular complexity index is 435. The van der Waals surface area contributed by atoms with Gasteiger partial charge in [0.2, 0.25) is 5.82 Å². The minimum Gasteiger partial charge on any atom is -0.377 e. The molecule has 1 rings (SSSR count). The van der Waals surface area contributed by atoms with Crippen LogP contribution in [0.3, 0.4) is 0 Å². The number of nitrogens with one attached hydrogen (secondary N) is 1. The van der Waals surface area contributed by atoms with E-state index in [1.165, 1.54) is 18.2 Å². The number of hydrogen-bond donors (Lipinski definition) is 1. The number of methoxy groups -OCH3 is 1. The first-order valence-corrected chi connectivity index (χ1v) is 5.54. The van der Waals surface area contributed by atoms with Crippen LogP contribution in [-0.4, -0.2) is 24.2 Å². The maximum atomic E-state index is 13.3. The van der Waals surface area contributed by atoms with Gasteiger partial charge in [-0.25, -0.2) is 0 Å². The topological polar surface area (TPSA) is 64.4 Å². The molecular weight excluding hydrogens is 239 g/mol. The fourth-order valence-corrected chi connectivity index (χ4v) is 1.39. The predicted molar refractivity (Wildman–Crippen MR) is 65.8 cm³/mol. The molecule has 5 nitrogen and oxygen atoms in total. The fourth-order valence-electron chi connectivity index (χ4n) is 1.39. The Morgan fingerprint density at radius 1 is 1.50 bits per heavy atom. The second-order valence-corrected chi connectivity index (χ2v) is 4.61. The van der Waals surface area contributed by atoms with E-state index in [0.29, 0.717) is 18.7 Å². The lowest BCUT2D eigenvalue weighted by Gasteiger charge is -2.23. The van der Waals surface area contributed by atoms with E-state index in [1.807, 2.05) is 13.8 Å². The Kier molecular flexibility index (Phi) is 4.75. The summed E-state index contributed by atoms with van der Waals surface area (Å²) in [5, 5.41) is 13.6. The second-order valence-electron chi connectivity index (χ2n) is 4.61. The van der Waals surface area contributed by atoms with Crippen LogP contribution in [0, 0.1) is 15.9 Å². The molecule has 0 aliphatic heterocycles. The third-order valence-electron chi connectivity index (χ3n) is 2.64. The molecule has 0 bridgehead atoms. The molecule has 6 heteroatoms. The van der Waals surface area contributed by atoms with Crippen LogP contribution in [0.5, 0.6) is 0 Å². The number of hydrogen-bond acceptors (Lipinski definition) is 4. The van der Waals surface area contributed by atoms with Crippen molar-refractivity contribution < 1.29 is 14.1 Å². The third kappa shape index (κ3) is 4.05. The van der Waals surface area contributed by atoms with Gasteiger partial charge in [0.25, 0.3) is 0 Å². The zero-order valence-electron chi connectivity index (χ0n) is 10.7. The molecular formula is C12H17FN2O3. The molecule has 18 heavy (non-hydrogen) atoms. The van der Waals surface area contributed by atoms with E-state index in [9.17, 15) is 14.5 Å². The summed E-state index contributed by atoms with van der Waals surface area (Å²) in [7, 11) is 1.62. The maximum Gasteiger partial charge on any atom is 0.304 e. The number of halogens is 1. The van der Waals surface area contributed by atoms with Gasteiger partial charge < -0.3 is 10.1 Å². The first-order valence-electron chi connectivity index (χ1n) is 5.54. The second kappa shape index (κ2) is 5.88. The molecule has 0 fully saturated rings. The molecule has 0 spiro atoms. The van der Waals surface area contributed by atoms with Gasteiger partial charge in [0.05, 0.1) is 10.5 Å². The van der Waals surface area contributed by atoms with Crippen LogP contribution in [0.15, 0.2) is 18.2 Å². The van der Waals surface area contributed by atoms with Crippen molar-refractivity contribution in [2.75, 3.05) is 13.7 Å². The first-order chi connectivity index (χ1) is 8.35. The van der Waals surface area contributed by atoms with Gasteiger partial charge in [0, 0.05) is 26.3 Å². The lowest BCUT2D eigenvalue weighted by Crippen LogP contribution is -2.36. The van der Waals surface area contributed by atoms with Crippen LogP contribution >= 0.6 is 0 Å². The predicted octanol–water partition coefficient (Wildman–Crippen LogP) is 2.25. The van der Waals surface area contributed by atoms with Gasteiger partial charge in [0.15, 0.2) is 0 Å². The molecule has 0 amide bonds. The van der Waals surface area contributed by atoms with E-state index in [-0.39, 0.29) is 5.60 Å². The average Bonchev–Trinajstić information content (AvgIpc) is 2.28. The van der Waals surface area contributed by atoms with Crippen LogP contribution in [0.25, 0.3) is 0 Å². The minimum absolute atomic E-state index is 0.306. The van der Waals surface area contributed by atoms with Gasteiger partial charge >= 0.3 is 5.69 Å². The Hall–Kier alpha value is -1.53. The number of rotatable bonds is 6. The summed E-state index contributed by atoms with van der Waals surface area (Å²) in [5.41, 5.74) is -0.153. The molecule has 0 saturated heterocycles. The Morgan fingerprint density at radius 3 is 2.67 bits per heavy atom. The number of ether oxygens (including phenoxy) is 1. The van der Waals surface area contributed by atoms with E-state index >= 15 is 0 Å². The van der Waals surface area contributed by atoms with Gasteiger partial charge in [-0.2, -0.15) is 4.39 Å². The van der Waals surface area contributed by atoms with Gasteiger partial charge in [-0.05, 0) is 25.5 Å². The summed E-state index contributed by atoms with van der Waals surface area (Å²) >= 11 is 0. The van der Waals surface area contributed by atoms with E-state index < -0.39 is 16.4 Å². The molecule has 1 aromatic rings. The summed E-state index contributed by atoms with van der Waals surface area (Å²) in [4.78, 5) is 9.72. The summed E-state index contributed by atoms with van der Waals surface area (Å²) in [6, 6.07) is 3.88. The zero-order valence-corrected chi connectivity index (χ0v) is 10.7. The smallest absolute Gasteiger partial charge is 0.304 e. The Balaban J connectivity index is 2.59. The lowest BCUT2D eigenvalue weighted by atomic mass is 10.1. The molecule has 0 aromatic heterocycles. The highest BCUT2D eigenvalue weighted by molar-refractivity contribution is 5.34. The van der Waals surface area contributed by atoms with Crippen molar-refractivity contribution in [2.45, 2.75) is 26.0 Å².